The van der Waals surface area contributed by atoms with Gasteiger partial charge in [0.25, 0.3) is 5.91 Å². The zero-order valence-corrected chi connectivity index (χ0v) is 15.5. The van der Waals surface area contributed by atoms with E-state index in [-0.39, 0.29) is 12.0 Å². The number of likely N-dealkylation sites (tertiary alicyclic amines) is 1. The molecule has 1 amide bonds. The van der Waals surface area contributed by atoms with Gasteiger partial charge in [0, 0.05) is 37.0 Å². The van der Waals surface area contributed by atoms with Crippen LogP contribution in [0, 0.1) is 0 Å². The molecule has 1 aliphatic rings. The van der Waals surface area contributed by atoms with Crippen LogP contribution < -0.4 is 4.74 Å². The van der Waals surface area contributed by atoms with Crippen molar-refractivity contribution in [3.63, 3.8) is 0 Å². The van der Waals surface area contributed by atoms with E-state index in [4.69, 9.17) is 4.74 Å². The highest BCUT2D eigenvalue weighted by Crippen LogP contribution is 2.30. The fourth-order valence-corrected chi connectivity index (χ4v) is 3.34. The number of aromatic nitrogens is 1. The maximum atomic E-state index is 12.8. The number of carbonyl (C=O) groups is 1. The van der Waals surface area contributed by atoms with Crippen molar-refractivity contribution in [3.05, 3.63) is 58.3 Å². The van der Waals surface area contributed by atoms with Gasteiger partial charge in [0.15, 0.2) is 0 Å². The first-order valence-corrected chi connectivity index (χ1v) is 8.99. The van der Waals surface area contributed by atoms with Gasteiger partial charge in [-0.15, -0.1) is 0 Å². The summed E-state index contributed by atoms with van der Waals surface area (Å²) in [4.78, 5) is 18.9. The van der Waals surface area contributed by atoms with E-state index in [9.17, 15) is 4.79 Å². The molecule has 1 atom stereocenters. The summed E-state index contributed by atoms with van der Waals surface area (Å²) < 4.78 is 6.63. The number of carbonyl (C=O) groups excluding carboxylic acids is 1. The molecule has 0 bridgehead atoms. The second-order valence-electron chi connectivity index (χ2n) is 6.33. The first-order valence-electron chi connectivity index (χ1n) is 8.20. The Morgan fingerprint density at radius 3 is 2.92 bits per heavy atom. The zero-order valence-electron chi connectivity index (χ0n) is 13.9. The highest BCUT2D eigenvalue weighted by Gasteiger charge is 2.28. The van der Waals surface area contributed by atoms with E-state index in [1.165, 1.54) is 5.56 Å². The van der Waals surface area contributed by atoms with Gasteiger partial charge in [0.2, 0.25) is 0 Å². The Labute approximate surface area is 151 Å². The summed E-state index contributed by atoms with van der Waals surface area (Å²) in [7, 11) is 0. The smallest absolute Gasteiger partial charge is 0.254 e. The van der Waals surface area contributed by atoms with Gasteiger partial charge in [-0.1, -0.05) is 6.07 Å². The normalized spacial score (nSPS) is 17.3. The van der Waals surface area contributed by atoms with Gasteiger partial charge >= 0.3 is 0 Å². The number of halogens is 1. The predicted molar refractivity (Wildman–Crippen MR) is 97.4 cm³/mol. The minimum absolute atomic E-state index is 0.0579. The Balaban J connectivity index is 1.73. The summed E-state index contributed by atoms with van der Waals surface area (Å²) in [6.45, 7) is 5.45. The number of ether oxygens (including phenoxy) is 1. The highest BCUT2D eigenvalue weighted by molar-refractivity contribution is 9.10. The molecule has 1 aromatic heterocycles. The lowest BCUT2D eigenvalue weighted by Crippen LogP contribution is -2.28. The topological polar surface area (TPSA) is 42.4 Å². The van der Waals surface area contributed by atoms with Crippen molar-refractivity contribution >= 4 is 21.8 Å². The van der Waals surface area contributed by atoms with E-state index >= 15 is 0 Å². The Bertz CT molecular complexity index is 719. The molecule has 0 spiro atoms. The standard InChI is InChI=1S/C19H21BrN2O2/c1-13(2)24-18-10-14(5-6-17(18)20)19(23)22-9-7-16(12-22)15-4-3-8-21-11-15/h3-6,8,10-11,13,16H,7,9,12H2,1-2H3. The van der Waals surface area contributed by atoms with Crippen LogP contribution in [0.2, 0.25) is 0 Å². The average molecular weight is 389 g/mol. The van der Waals surface area contributed by atoms with Crippen LogP contribution in [0.3, 0.4) is 0 Å². The molecule has 0 radical (unpaired) electrons. The van der Waals surface area contributed by atoms with Crippen molar-refractivity contribution in [2.24, 2.45) is 0 Å². The molecule has 0 saturated carbocycles. The number of pyridine rings is 1. The maximum absolute atomic E-state index is 12.8. The fourth-order valence-electron chi connectivity index (χ4n) is 3.00. The Hall–Kier alpha value is -1.88. The number of benzene rings is 1. The van der Waals surface area contributed by atoms with Crippen LogP contribution in [0.25, 0.3) is 0 Å². The molecule has 1 aromatic carbocycles. The van der Waals surface area contributed by atoms with E-state index in [0.29, 0.717) is 17.2 Å². The Morgan fingerprint density at radius 1 is 1.38 bits per heavy atom. The molecule has 2 heterocycles. The molecular formula is C19H21BrN2O2. The summed E-state index contributed by atoms with van der Waals surface area (Å²) in [6, 6.07) is 9.57. The summed E-state index contributed by atoms with van der Waals surface area (Å²) in [5.41, 5.74) is 1.87. The molecule has 1 unspecified atom stereocenters. The number of rotatable bonds is 4. The van der Waals surface area contributed by atoms with Gasteiger partial charge in [-0.3, -0.25) is 9.78 Å². The molecule has 1 aliphatic heterocycles. The molecule has 1 saturated heterocycles. The summed E-state index contributed by atoms with van der Waals surface area (Å²) in [5.74, 6) is 1.13. The minimum Gasteiger partial charge on any atom is -0.490 e. The summed E-state index contributed by atoms with van der Waals surface area (Å²) in [5, 5.41) is 0. The zero-order chi connectivity index (χ0) is 17.1. The lowest BCUT2D eigenvalue weighted by atomic mass is 10.0. The molecule has 0 aliphatic carbocycles. The van der Waals surface area contributed by atoms with Gasteiger partial charge in [0.05, 0.1) is 10.6 Å². The van der Waals surface area contributed by atoms with Crippen molar-refractivity contribution in [3.8, 4) is 5.75 Å². The van der Waals surface area contributed by atoms with Crippen LogP contribution in [0.15, 0.2) is 47.2 Å². The van der Waals surface area contributed by atoms with E-state index < -0.39 is 0 Å². The molecule has 1 fully saturated rings. The van der Waals surface area contributed by atoms with Crippen molar-refractivity contribution in [2.75, 3.05) is 13.1 Å². The SMILES string of the molecule is CC(C)Oc1cc(C(=O)N2CCC(c3cccnc3)C2)ccc1Br. The highest BCUT2D eigenvalue weighted by atomic mass is 79.9. The molecule has 2 aromatic rings. The molecule has 3 rings (SSSR count). The second-order valence-corrected chi connectivity index (χ2v) is 7.19. The number of amides is 1. The van der Waals surface area contributed by atoms with Gasteiger partial charge in [0.1, 0.15) is 5.75 Å². The van der Waals surface area contributed by atoms with Crippen LogP contribution in [0.5, 0.6) is 5.75 Å². The monoisotopic (exact) mass is 388 g/mol. The molecule has 5 heteroatoms. The minimum atomic E-state index is 0.0579. The van der Waals surface area contributed by atoms with Crippen LogP contribution in [0.1, 0.15) is 42.1 Å². The fraction of sp³-hybridized carbons (Fsp3) is 0.368. The lowest BCUT2D eigenvalue weighted by Gasteiger charge is -2.18. The van der Waals surface area contributed by atoms with E-state index in [2.05, 4.69) is 27.0 Å². The third-order valence-corrected chi connectivity index (χ3v) is 4.83. The summed E-state index contributed by atoms with van der Waals surface area (Å²) in [6.07, 6.45) is 4.71. The van der Waals surface area contributed by atoms with E-state index in [1.54, 1.807) is 6.20 Å². The lowest BCUT2D eigenvalue weighted by molar-refractivity contribution is 0.0790. The molecule has 0 N–H and O–H groups in total. The van der Waals surface area contributed by atoms with Crippen LogP contribution in [0.4, 0.5) is 0 Å². The molecule has 4 nitrogen and oxygen atoms in total. The van der Waals surface area contributed by atoms with Crippen molar-refractivity contribution in [2.45, 2.75) is 32.3 Å². The second kappa shape index (κ2) is 7.34. The van der Waals surface area contributed by atoms with Crippen LogP contribution >= 0.6 is 15.9 Å². The quantitative estimate of drug-likeness (QED) is 0.785. The molecule has 24 heavy (non-hydrogen) atoms. The van der Waals surface area contributed by atoms with Crippen molar-refractivity contribution in [1.82, 2.24) is 9.88 Å². The molecule has 126 valence electrons. The summed E-state index contributed by atoms with van der Waals surface area (Å²) >= 11 is 3.47. The average Bonchev–Trinajstić information content (AvgIpc) is 3.06. The van der Waals surface area contributed by atoms with Gasteiger partial charge in [-0.2, -0.15) is 0 Å². The van der Waals surface area contributed by atoms with Crippen molar-refractivity contribution in [1.29, 1.82) is 0 Å². The van der Waals surface area contributed by atoms with Crippen molar-refractivity contribution < 1.29 is 9.53 Å². The first kappa shape index (κ1) is 17.0. The van der Waals surface area contributed by atoms with Gasteiger partial charge in [-0.25, -0.2) is 0 Å². The maximum Gasteiger partial charge on any atom is 0.254 e. The van der Waals surface area contributed by atoms with Gasteiger partial charge < -0.3 is 9.64 Å². The Morgan fingerprint density at radius 2 is 2.21 bits per heavy atom. The third kappa shape index (κ3) is 3.78. The Kier molecular flexibility index (Phi) is 5.19. The number of hydrogen-bond acceptors (Lipinski definition) is 3. The van der Waals surface area contributed by atoms with Gasteiger partial charge in [-0.05, 0) is 66.0 Å². The number of nitrogens with zero attached hydrogens (tertiary/aromatic N) is 2. The largest absolute Gasteiger partial charge is 0.490 e. The first-order chi connectivity index (χ1) is 11.5. The predicted octanol–water partition coefficient (Wildman–Crippen LogP) is 4.26. The van der Waals surface area contributed by atoms with E-state index in [0.717, 1.165) is 24.0 Å². The van der Waals surface area contributed by atoms with Crippen LogP contribution in [-0.2, 0) is 0 Å². The van der Waals surface area contributed by atoms with E-state index in [1.807, 2.05) is 49.2 Å². The number of hydrogen-bond donors (Lipinski definition) is 0. The molecular weight excluding hydrogens is 368 g/mol. The van der Waals surface area contributed by atoms with Crippen LogP contribution in [-0.4, -0.2) is 35.0 Å². The third-order valence-electron chi connectivity index (χ3n) is 4.17.